The minimum Gasteiger partial charge on any atom is -0.381 e. The van der Waals surface area contributed by atoms with Crippen LogP contribution >= 0.6 is 0 Å². The molecule has 1 heterocycles. The van der Waals surface area contributed by atoms with Crippen LogP contribution in [0.5, 0.6) is 0 Å². The molecule has 1 atom stereocenters. The third-order valence-electron chi connectivity index (χ3n) is 3.69. The Hall–Kier alpha value is -1.07. The Balaban J connectivity index is 2.37. The second-order valence-corrected chi connectivity index (χ2v) is 4.96. The van der Waals surface area contributed by atoms with E-state index < -0.39 is 0 Å². The average molecular weight is 270 g/mol. The highest BCUT2D eigenvalue weighted by molar-refractivity contribution is 5.74. The van der Waals surface area contributed by atoms with E-state index in [1.807, 2.05) is 13.0 Å². The van der Waals surface area contributed by atoms with Crippen LogP contribution in [0.2, 0.25) is 0 Å². The number of methoxy groups -OCH3 is 1. The van der Waals surface area contributed by atoms with Gasteiger partial charge < -0.3 is 20.1 Å². The van der Waals surface area contributed by atoms with Gasteiger partial charge in [-0.3, -0.25) is 0 Å². The minimum absolute atomic E-state index is 0.142. The van der Waals surface area contributed by atoms with Crippen LogP contribution in [0.3, 0.4) is 0 Å². The second-order valence-electron chi connectivity index (χ2n) is 4.96. The number of urea groups is 1. The first-order valence-electron chi connectivity index (χ1n) is 6.94. The van der Waals surface area contributed by atoms with E-state index in [-0.39, 0.29) is 17.7 Å². The second kappa shape index (κ2) is 8.17. The third-order valence-corrected chi connectivity index (χ3v) is 3.69. The highest BCUT2D eigenvalue weighted by atomic mass is 16.5. The number of carbonyl (C=O) groups excluding carboxylic acids is 1. The molecule has 1 saturated heterocycles. The predicted molar refractivity (Wildman–Crippen MR) is 75.2 cm³/mol. The monoisotopic (exact) mass is 270 g/mol. The van der Waals surface area contributed by atoms with E-state index in [1.54, 1.807) is 7.11 Å². The van der Waals surface area contributed by atoms with Gasteiger partial charge in [0.2, 0.25) is 0 Å². The van der Waals surface area contributed by atoms with Gasteiger partial charge in [-0.25, -0.2) is 4.79 Å². The Labute approximate surface area is 115 Å². The lowest BCUT2D eigenvalue weighted by atomic mass is 9.94. The molecule has 1 fully saturated rings. The molecule has 0 aromatic carbocycles. The number of hydrogen-bond acceptors (Lipinski definition) is 3. The van der Waals surface area contributed by atoms with E-state index >= 15 is 0 Å². The van der Waals surface area contributed by atoms with Crippen molar-refractivity contribution < 1.29 is 14.3 Å². The molecule has 0 bridgehead atoms. The first-order valence-corrected chi connectivity index (χ1v) is 6.94. The molecule has 5 heteroatoms. The van der Waals surface area contributed by atoms with E-state index in [2.05, 4.69) is 17.2 Å². The maximum atomic E-state index is 11.8. The van der Waals surface area contributed by atoms with Gasteiger partial charge in [0.05, 0.1) is 5.60 Å². The molecule has 2 N–H and O–H groups in total. The molecule has 2 amide bonds. The lowest BCUT2D eigenvalue weighted by molar-refractivity contribution is -0.0861. The molecule has 0 saturated carbocycles. The summed E-state index contributed by atoms with van der Waals surface area (Å²) in [6.07, 6.45) is 5.13. The van der Waals surface area contributed by atoms with Crippen molar-refractivity contribution in [1.82, 2.24) is 10.6 Å². The fraction of sp³-hybridized carbons (Fsp3) is 0.786. The summed E-state index contributed by atoms with van der Waals surface area (Å²) in [5.41, 5.74) is -0.282. The maximum Gasteiger partial charge on any atom is 0.315 e. The van der Waals surface area contributed by atoms with E-state index in [4.69, 9.17) is 9.47 Å². The molecule has 0 aliphatic carbocycles. The number of ether oxygens (including phenoxy) is 2. The van der Waals surface area contributed by atoms with E-state index in [0.717, 1.165) is 25.7 Å². The molecule has 1 aliphatic rings. The maximum absolute atomic E-state index is 11.8. The molecule has 1 aliphatic heterocycles. The first kappa shape index (κ1) is 16.0. The van der Waals surface area contributed by atoms with E-state index in [9.17, 15) is 4.79 Å². The Kier molecular flexibility index (Phi) is 6.87. The SMILES string of the molecule is C=CC[C@H](CC)NC(=O)NCC1(OC)CCOCC1. The van der Waals surface area contributed by atoms with Crippen LogP contribution in [-0.4, -0.2) is 44.5 Å². The summed E-state index contributed by atoms with van der Waals surface area (Å²) >= 11 is 0. The van der Waals surface area contributed by atoms with Gasteiger partial charge >= 0.3 is 6.03 Å². The van der Waals surface area contributed by atoms with Gasteiger partial charge in [0.15, 0.2) is 0 Å². The Morgan fingerprint density at radius 3 is 2.74 bits per heavy atom. The molecule has 0 spiro atoms. The lowest BCUT2D eigenvalue weighted by Crippen LogP contribution is -2.51. The zero-order chi connectivity index (χ0) is 14.1. The van der Waals surface area contributed by atoms with Crippen LogP contribution in [0.15, 0.2) is 12.7 Å². The van der Waals surface area contributed by atoms with Gasteiger partial charge in [0, 0.05) is 45.8 Å². The zero-order valence-corrected chi connectivity index (χ0v) is 12.0. The molecule has 0 aromatic rings. The highest BCUT2D eigenvalue weighted by Gasteiger charge is 2.32. The van der Waals surface area contributed by atoms with Crippen LogP contribution in [0.1, 0.15) is 32.6 Å². The van der Waals surface area contributed by atoms with Crippen molar-refractivity contribution >= 4 is 6.03 Å². The molecule has 1 rings (SSSR count). The molecule has 0 aromatic heterocycles. The molecule has 0 unspecified atom stereocenters. The van der Waals surface area contributed by atoms with Crippen LogP contribution in [0.25, 0.3) is 0 Å². The topological polar surface area (TPSA) is 59.6 Å². The van der Waals surface area contributed by atoms with Crippen molar-refractivity contribution in [2.75, 3.05) is 26.9 Å². The summed E-state index contributed by atoms with van der Waals surface area (Å²) in [6, 6.07) is 0.00213. The van der Waals surface area contributed by atoms with Gasteiger partial charge in [0.1, 0.15) is 0 Å². The van der Waals surface area contributed by atoms with Crippen molar-refractivity contribution in [2.45, 2.75) is 44.2 Å². The average Bonchev–Trinajstić information content (AvgIpc) is 2.45. The molecule has 0 radical (unpaired) electrons. The Morgan fingerprint density at radius 1 is 1.53 bits per heavy atom. The van der Waals surface area contributed by atoms with Gasteiger partial charge in [-0.15, -0.1) is 6.58 Å². The number of hydrogen-bond donors (Lipinski definition) is 2. The Morgan fingerprint density at radius 2 is 2.21 bits per heavy atom. The largest absolute Gasteiger partial charge is 0.381 e. The van der Waals surface area contributed by atoms with Crippen molar-refractivity contribution in [3.8, 4) is 0 Å². The summed E-state index contributed by atoms with van der Waals surface area (Å²) in [7, 11) is 1.69. The lowest BCUT2D eigenvalue weighted by Gasteiger charge is -2.36. The van der Waals surface area contributed by atoms with Gasteiger partial charge in [-0.1, -0.05) is 13.0 Å². The molecular weight excluding hydrogens is 244 g/mol. The summed E-state index contributed by atoms with van der Waals surface area (Å²) < 4.78 is 10.9. The van der Waals surface area contributed by atoms with Gasteiger partial charge in [-0.2, -0.15) is 0 Å². The van der Waals surface area contributed by atoms with Crippen molar-refractivity contribution in [2.24, 2.45) is 0 Å². The van der Waals surface area contributed by atoms with Crippen LogP contribution in [0, 0.1) is 0 Å². The summed E-state index contributed by atoms with van der Waals surface area (Å²) in [5.74, 6) is 0. The summed E-state index contributed by atoms with van der Waals surface area (Å²) in [4.78, 5) is 11.8. The normalized spacial score (nSPS) is 19.5. The standard InChI is InChI=1S/C14H26N2O3/c1-4-6-12(5-2)16-13(17)15-11-14(18-3)7-9-19-10-8-14/h4,12H,1,5-11H2,2-3H3,(H2,15,16,17)/t12-/m0/s1. The first-order chi connectivity index (χ1) is 9.15. The fourth-order valence-corrected chi connectivity index (χ4v) is 2.20. The molecular formula is C14H26N2O3. The van der Waals surface area contributed by atoms with Crippen LogP contribution < -0.4 is 10.6 Å². The summed E-state index contributed by atoms with van der Waals surface area (Å²) in [5, 5.41) is 5.84. The van der Waals surface area contributed by atoms with Crippen LogP contribution in [0.4, 0.5) is 4.79 Å². The minimum atomic E-state index is -0.282. The zero-order valence-electron chi connectivity index (χ0n) is 12.0. The summed E-state index contributed by atoms with van der Waals surface area (Å²) in [6.45, 7) is 7.63. The molecule has 110 valence electrons. The van der Waals surface area contributed by atoms with Crippen LogP contribution in [-0.2, 0) is 9.47 Å². The van der Waals surface area contributed by atoms with E-state index in [1.165, 1.54) is 0 Å². The highest BCUT2D eigenvalue weighted by Crippen LogP contribution is 2.23. The van der Waals surface area contributed by atoms with E-state index in [0.29, 0.717) is 19.8 Å². The Bertz CT molecular complexity index is 288. The van der Waals surface area contributed by atoms with Crippen molar-refractivity contribution in [3.63, 3.8) is 0 Å². The van der Waals surface area contributed by atoms with Gasteiger partial charge in [0.25, 0.3) is 0 Å². The number of rotatable bonds is 7. The quantitative estimate of drug-likeness (QED) is 0.694. The van der Waals surface area contributed by atoms with Gasteiger partial charge in [-0.05, 0) is 12.8 Å². The predicted octanol–water partition coefficient (Wildman–Crippen LogP) is 1.84. The molecule has 19 heavy (non-hydrogen) atoms. The smallest absolute Gasteiger partial charge is 0.315 e. The van der Waals surface area contributed by atoms with Crippen molar-refractivity contribution in [3.05, 3.63) is 12.7 Å². The number of carbonyl (C=O) groups is 1. The molecule has 5 nitrogen and oxygen atoms in total. The van der Waals surface area contributed by atoms with Crippen molar-refractivity contribution in [1.29, 1.82) is 0 Å². The number of nitrogens with one attached hydrogen (secondary N) is 2. The number of amides is 2. The third kappa shape index (κ3) is 5.20. The fourth-order valence-electron chi connectivity index (χ4n) is 2.20.